The number of nitrogens with one attached hydrogen (secondary N) is 1. The Balaban J connectivity index is 1.83. The Kier molecular flexibility index (Phi) is 3.84. The third-order valence-corrected chi connectivity index (χ3v) is 5.18. The Morgan fingerprint density at radius 1 is 1.35 bits per heavy atom. The van der Waals surface area contributed by atoms with Gasteiger partial charge in [-0.1, -0.05) is 30.3 Å². The van der Waals surface area contributed by atoms with E-state index >= 15 is 0 Å². The highest BCUT2D eigenvalue weighted by atomic mass is 32.2. The van der Waals surface area contributed by atoms with Crippen LogP contribution in [0.5, 0.6) is 0 Å². The van der Waals surface area contributed by atoms with Gasteiger partial charge in [-0.2, -0.15) is 0 Å². The standard InChI is InChI=1S/C13H19NO2S/c1-11(13-5-3-2-4-6-13)14-9-12-7-8-17(15,16)10-12/h2-6,11-12,14H,7-10H2,1H3. The van der Waals surface area contributed by atoms with E-state index in [1.54, 1.807) is 0 Å². The second kappa shape index (κ2) is 5.19. The van der Waals surface area contributed by atoms with Crippen LogP contribution in [0.25, 0.3) is 0 Å². The van der Waals surface area contributed by atoms with Crippen LogP contribution >= 0.6 is 0 Å². The number of sulfone groups is 1. The van der Waals surface area contributed by atoms with Crippen LogP contribution in [0.2, 0.25) is 0 Å². The molecular weight excluding hydrogens is 234 g/mol. The summed E-state index contributed by atoms with van der Waals surface area (Å²) in [5.41, 5.74) is 1.24. The van der Waals surface area contributed by atoms with Crippen molar-refractivity contribution in [2.75, 3.05) is 18.1 Å². The molecule has 1 aliphatic rings. The lowest BCUT2D eigenvalue weighted by Gasteiger charge is -2.16. The van der Waals surface area contributed by atoms with E-state index in [9.17, 15) is 8.42 Å². The van der Waals surface area contributed by atoms with Crippen molar-refractivity contribution in [1.29, 1.82) is 0 Å². The maximum atomic E-state index is 11.3. The third-order valence-electron chi connectivity index (χ3n) is 3.34. The van der Waals surface area contributed by atoms with Crippen LogP contribution in [0.15, 0.2) is 30.3 Å². The highest BCUT2D eigenvalue weighted by molar-refractivity contribution is 7.91. The molecule has 1 fully saturated rings. The van der Waals surface area contributed by atoms with Gasteiger partial charge in [-0.05, 0) is 31.4 Å². The van der Waals surface area contributed by atoms with E-state index < -0.39 is 9.84 Å². The molecule has 3 nitrogen and oxygen atoms in total. The molecule has 2 atom stereocenters. The summed E-state index contributed by atoms with van der Waals surface area (Å²) in [4.78, 5) is 0. The van der Waals surface area contributed by atoms with E-state index in [1.165, 1.54) is 5.56 Å². The van der Waals surface area contributed by atoms with Crippen LogP contribution in [0.1, 0.15) is 24.9 Å². The van der Waals surface area contributed by atoms with Crippen molar-refractivity contribution in [3.8, 4) is 0 Å². The summed E-state index contributed by atoms with van der Waals surface area (Å²) >= 11 is 0. The van der Waals surface area contributed by atoms with Crippen LogP contribution in [0.3, 0.4) is 0 Å². The van der Waals surface area contributed by atoms with Crippen molar-refractivity contribution < 1.29 is 8.42 Å². The Bertz CT molecular complexity index is 456. The predicted molar refractivity (Wildman–Crippen MR) is 69.6 cm³/mol. The Labute approximate surface area is 103 Å². The molecule has 0 aliphatic carbocycles. The average Bonchev–Trinajstić information content (AvgIpc) is 2.67. The summed E-state index contributed by atoms with van der Waals surface area (Å²) in [5, 5.41) is 3.41. The van der Waals surface area contributed by atoms with Crippen molar-refractivity contribution in [1.82, 2.24) is 5.32 Å². The molecule has 1 saturated heterocycles. The molecule has 0 amide bonds. The molecule has 4 heteroatoms. The van der Waals surface area contributed by atoms with Gasteiger partial charge in [-0.25, -0.2) is 8.42 Å². The van der Waals surface area contributed by atoms with Gasteiger partial charge in [-0.3, -0.25) is 0 Å². The Morgan fingerprint density at radius 2 is 2.06 bits per heavy atom. The Morgan fingerprint density at radius 3 is 2.65 bits per heavy atom. The predicted octanol–water partition coefficient (Wildman–Crippen LogP) is 1.77. The minimum absolute atomic E-state index is 0.277. The zero-order valence-corrected chi connectivity index (χ0v) is 10.9. The third kappa shape index (κ3) is 3.54. The minimum atomic E-state index is -2.75. The first-order valence-electron chi connectivity index (χ1n) is 6.05. The van der Waals surface area contributed by atoms with Gasteiger partial charge in [0.15, 0.2) is 9.84 Å². The monoisotopic (exact) mass is 253 g/mol. The molecule has 1 aromatic carbocycles. The molecule has 2 unspecified atom stereocenters. The van der Waals surface area contributed by atoms with Crippen LogP contribution in [-0.2, 0) is 9.84 Å². The van der Waals surface area contributed by atoms with Gasteiger partial charge in [0.1, 0.15) is 0 Å². The second-order valence-electron chi connectivity index (χ2n) is 4.81. The van der Waals surface area contributed by atoms with Gasteiger partial charge in [0.25, 0.3) is 0 Å². The smallest absolute Gasteiger partial charge is 0.150 e. The number of rotatable bonds is 4. The van der Waals surface area contributed by atoms with E-state index in [-0.39, 0.29) is 12.0 Å². The lowest BCUT2D eigenvalue weighted by Crippen LogP contribution is -2.26. The van der Waals surface area contributed by atoms with Crippen LogP contribution in [0, 0.1) is 5.92 Å². The summed E-state index contributed by atoms with van der Waals surface area (Å²) in [6.07, 6.45) is 0.802. The van der Waals surface area contributed by atoms with Gasteiger partial charge in [-0.15, -0.1) is 0 Å². The fourth-order valence-corrected chi connectivity index (χ4v) is 4.10. The van der Waals surface area contributed by atoms with Crippen molar-refractivity contribution in [2.24, 2.45) is 5.92 Å². The van der Waals surface area contributed by atoms with E-state index in [0.29, 0.717) is 11.5 Å². The molecule has 1 heterocycles. The zero-order valence-electron chi connectivity index (χ0n) is 10.1. The van der Waals surface area contributed by atoms with Crippen molar-refractivity contribution >= 4 is 9.84 Å². The lowest BCUT2D eigenvalue weighted by atomic mass is 10.1. The molecule has 0 radical (unpaired) electrons. The first-order valence-corrected chi connectivity index (χ1v) is 7.88. The van der Waals surface area contributed by atoms with Crippen LogP contribution < -0.4 is 5.32 Å². The summed E-state index contributed by atoms with van der Waals surface area (Å²) < 4.78 is 22.7. The maximum Gasteiger partial charge on any atom is 0.150 e. The van der Waals surface area contributed by atoms with Crippen LogP contribution in [-0.4, -0.2) is 26.5 Å². The average molecular weight is 253 g/mol. The SMILES string of the molecule is CC(NCC1CCS(=O)(=O)C1)c1ccccc1. The van der Waals surface area contributed by atoms with Gasteiger partial charge in [0, 0.05) is 6.04 Å². The molecule has 0 saturated carbocycles. The summed E-state index contributed by atoms with van der Waals surface area (Å²) in [7, 11) is -2.75. The van der Waals surface area contributed by atoms with Crippen molar-refractivity contribution in [3.63, 3.8) is 0 Å². The summed E-state index contributed by atoms with van der Waals surface area (Å²) in [6, 6.07) is 10.5. The molecule has 0 aromatic heterocycles. The lowest BCUT2D eigenvalue weighted by molar-refractivity contribution is 0.476. The van der Waals surface area contributed by atoms with E-state index in [2.05, 4.69) is 24.4 Å². The van der Waals surface area contributed by atoms with E-state index in [0.717, 1.165) is 13.0 Å². The molecule has 1 N–H and O–H groups in total. The second-order valence-corrected chi connectivity index (χ2v) is 7.04. The summed E-state index contributed by atoms with van der Waals surface area (Å²) in [5.74, 6) is 0.992. The van der Waals surface area contributed by atoms with Gasteiger partial charge in [0.2, 0.25) is 0 Å². The van der Waals surface area contributed by atoms with Gasteiger partial charge < -0.3 is 5.32 Å². The fraction of sp³-hybridized carbons (Fsp3) is 0.538. The quantitative estimate of drug-likeness (QED) is 0.889. The topological polar surface area (TPSA) is 46.2 Å². The molecular formula is C13H19NO2S. The first-order chi connectivity index (χ1) is 8.07. The molecule has 1 aromatic rings. The molecule has 0 bridgehead atoms. The van der Waals surface area contributed by atoms with Gasteiger partial charge >= 0.3 is 0 Å². The number of hydrogen-bond acceptors (Lipinski definition) is 3. The molecule has 17 heavy (non-hydrogen) atoms. The van der Waals surface area contributed by atoms with Crippen molar-refractivity contribution in [3.05, 3.63) is 35.9 Å². The highest BCUT2D eigenvalue weighted by Crippen LogP contribution is 2.19. The van der Waals surface area contributed by atoms with E-state index in [4.69, 9.17) is 0 Å². The largest absolute Gasteiger partial charge is 0.310 e. The van der Waals surface area contributed by atoms with Crippen molar-refractivity contribution in [2.45, 2.75) is 19.4 Å². The molecule has 2 rings (SSSR count). The molecule has 1 aliphatic heterocycles. The normalized spacial score (nSPS) is 24.6. The van der Waals surface area contributed by atoms with Crippen LogP contribution in [0.4, 0.5) is 0 Å². The zero-order chi connectivity index (χ0) is 12.3. The molecule has 94 valence electrons. The number of hydrogen-bond donors (Lipinski definition) is 1. The first kappa shape index (κ1) is 12.6. The maximum absolute atomic E-state index is 11.3. The number of benzene rings is 1. The van der Waals surface area contributed by atoms with Gasteiger partial charge in [0.05, 0.1) is 11.5 Å². The fourth-order valence-electron chi connectivity index (χ4n) is 2.24. The highest BCUT2D eigenvalue weighted by Gasteiger charge is 2.27. The Hall–Kier alpha value is -0.870. The minimum Gasteiger partial charge on any atom is -0.310 e. The van der Waals surface area contributed by atoms with E-state index in [1.807, 2.05) is 18.2 Å². The summed E-state index contributed by atoms with van der Waals surface area (Å²) in [6.45, 7) is 2.90. The molecule has 0 spiro atoms.